The second-order valence-corrected chi connectivity index (χ2v) is 6.05. The van der Waals surface area contributed by atoms with Gasteiger partial charge in [-0.1, -0.05) is 30.3 Å². The molecule has 0 aliphatic carbocycles. The van der Waals surface area contributed by atoms with Crippen LogP contribution in [-0.2, 0) is 11.2 Å². The van der Waals surface area contributed by atoms with E-state index in [4.69, 9.17) is 14.9 Å². The van der Waals surface area contributed by atoms with Gasteiger partial charge in [0, 0.05) is 24.4 Å². The van der Waals surface area contributed by atoms with Crippen molar-refractivity contribution in [2.45, 2.75) is 6.42 Å². The van der Waals surface area contributed by atoms with Gasteiger partial charge < -0.3 is 19.8 Å². The summed E-state index contributed by atoms with van der Waals surface area (Å²) in [6.45, 7) is 0.540. The third-order valence-electron chi connectivity index (χ3n) is 4.23. The molecule has 4 rings (SSSR count). The number of anilines is 2. The maximum atomic E-state index is 13.0. The number of carbonyl (C=O) groups excluding carboxylic acids is 1. The van der Waals surface area contributed by atoms with Crippen LogP contribution in [-0.4, -0.2) is 12.5 Å². The highest BCUT2D eigenvalue weighted by Crippen LogP contribution is 2.37. The first kappa shape index (κ1) is 16.0. The first-order valence-corrected chi connectivity index (χ1v) is 8.39. The first-order chi connectivity index (χ1) is 12.7. The van der Waals surface area contributed by atoms with Crippen LogP contribution in [0.1, 0.15) is 11.3 Å². The van der Waals surface area contributed by atoms with Crippen LogP contribution in [0.5, 0.6) is 5.75 Å². The number of hydrogen-bond acceptors (Lipinski definition) is 4. The van der Waals surface area contributed by atoms with Gasteiger partial charge in [0.15, 0.2) is 11.5 Å². The van der Waals surface area contributed by atoms with Crippen LogP contribution in [0, 0.1) is 0 Å². The molecular weight excluding hydrogens is 328 g/mol. The van der Waals surface area contributed by atoms with Crippen molar-refractivity contribution >= 4 is 23.4 Å². The summed E-state index contributed by atoms with van der Waals surface area (Å²) in [6.07, 6.45) is 3.90. The Balaban J connectivity index is 1.67. The molecule has 3 aromatic rings. The fourth-order valence-electron chi connectivity index (χ4n) is 2.94. The second-order valence-electron chi connectivity index (χ2n) is 6.05. The van der Waals surface area contributed by atoms with E-state index in [9.17, 15) is 4.79 Å². The Bertz CT molecular complexity index is 947. The third-order valence-corrected chi connectivity index (χ3v) is 4.23. The molecule has 130 valence electrons. The predicted molar refractivity (Wildman–Crippen MR) is 101 cm³/mol. The van der Waals surface area contributed by atoms with Gasteiger partial charge in [-0.2, -0.15) is 0 Å². The number of furan rings is 1. The molecule has 26 heavy (non-hydrogen) atoms. The van der Waals surface area contributed by atoms with E-state index in [0.717, 1.165) is 12.1 Å². The van der Waals surface area contributed by atoms with E-state index in [1.54, 1.807) is 41.5 Å². The topological polar surface area (TPSA) is 68.7 Å². The number of fused-ring (bicyclic) bond motifs is 1. The molecule has 0 unspecified atom stereocenters. The van der Waals surface area contributed by atoms with E-state index in [0.29, 0.717) is 23.7 Å². The lowest BCUT2D eigenvalue weighted by molar-refractivity contribution is -0.117. The van der Waals surface area contributed by atoms with Crippen LogP contribution in [0.2, 0.25) is 0 Å². The number of carbonyl (C=O) groups is 1. The molecule has 0 spiro atoms. The van der Waals surface area contributed by atoms with Crippen molar-refractivity contribution in [2.75, 3.05) is 17.2 Å². The minimum atomic E-state index is -0.199. The molecule has 0 atom stereocenters. The van der Waals surface area contributed by atoms with Crippen LogP contribution < -0.4 is 15.4 Å². The van der Waals surface area contributed by atoms with Gasteiger partial charge in [-0.05, 0) is 36.2 Å². The van der Waals surface area contributed by atoms with Gasteiger partial charge in [-0.25, -0.2) is 0 Å². The van der Waals surface area contributed by atoms with Gasteiger partial charge in [-0.3, -0.25) is 4.79 Å². The quantitative estimate of drug-likeness (QED) is 0.575. The van der Waals surface area contributed by atoms with Gasteiger partial charge in [0.25, 0.3) is 5.91 Å². The lowest BCUT2D eigenvalue weighted by atomic mass is 10.1. The number of ether oxygens (including phenoxy) is 1. The maximum absolute atomic E-state index is 13.0. The van der Waals surface area contributed by atoms with Gasteiger partial charge in [-0.15, -0.1) is 0 Å². The second kappa shape index (κ2) is 6.80. The molecule has 1 aliphatic rings. The number of nitrogen functional groups attached to an aromatic ring is 1. The van der Waals surface area contributed by atoms with E-state index in [-0.39, 0.29) is 11.7 Å². The van der Waals surface area contributed by atoms with Crippen LogP contribution in [0.3, 0.4) is 0 Å². The standard InChI is InChI=1S/C21H18N2O3/c22-16-8-9-18-19(13-16)26-20(14-17-7-4-12-25-17)21(24)23(18)11-10-15-5-2-1-3-6-15/h1-9,12-14H,10-11,22H2/b20-14+. The zero-order chi connectivity index (χ0) is 17.9. The Hall–Kier alpha value is -3.47. The summed E-state index contributed by atoms with van der Waals surface area (Å²) in [6, 6.07) is 18.9. The average molecular weight is 346 g/mol. The predicted octanol–water partition coefficient (Wildman–Crippen LogP) is 3.87. The van der Waals surface area contributed by atoms with Gasteiger partial charge in [0.1, 0.15) is 5.76 Å². The smallest absolute Gasteiger partial charge is 0.294 e. The molecule has 0 fully saturated rings. The number of rotatable bonds is 4. The molecule has 0 saturated carbocycles. The Labute approximate surface area is 151 Å². The Morgan fingerprint density at radius 1 is 1.04 bits per heavy atom. The molecule has 1 aliphatic heterocycles. The summed E-state index contributed by atoms with van der Waals surface area (Å²) in [4.78, 5) is 14.7. The average Bonchev–Trinajstić information content (AvgIpc) is 3.16. The summed E-state index contributed by atoms with van der Waals surface area (Å²) < 4.78 is 11.1. The number of amides is 1. The highest BCUT2D eigenvalue weighted by molar-refractivity contribution is 6.09. The van der Waals surface area contributed by atoms with E-state index < -0.39 is 0 Å². The number of hydrogen-bond donors (Lipinski definition) is 1. The molecule has 1 aromatic heterocycles. The number of nitrogens with two attached hydrogens (primary N) is 1. The molecule has 0 radical (unpaired) electrons. The highest BCUT2D eigenvalue weighted by atomic mass is 16.5. The largest absolute Gasteiger partial charge is 0.465 e. The minimum absolute atomic E-state index is 0.199. The zero-order valence-corrected chi connectivity index (χ0v) is 14.1. The SMILES string of the molecule is Nc1ccc2c(c1)O/C(=C/c1ccco1)C(=O)N2CCc1ccccc1. The van der Waals surface area contributed by atoms with Crippen molar-refractivity contribution in [1.29, 1.82) is 0 Å². The normalized spacial score (nSPS) is 15.0. The lowest BCUT2D eigenvalue weighted by Crippen LogP contribution is -2.38. The molecule has 2 heterocycles. The molecule has 5 nitrogen and oxygen atoms in total. The van der Waals surface area contributed by atoms with Crippen LogP contribution in [0.25, 0.3) is 6.08 Å². The van der Waals surface area contributed by atoms with Crippen LogP contribution in [0.4, 0.5) is 11.4 Å². The van der Waals surface area contributed by atoms with Crippen molar-refractivity contribution in [3.05, 3.63) is 84.0 Å². The first-order valence-electron chi connectivity index (χ1n) is 8.39. The maximum Gasteiger partial charge on any atom is 0.294 e. The van der Waals surface area contributed by atoms with Crippen LogP contribution in [0.15, 0.2) is 77.1 Å². The fourth-order valence-corrected chi connectivity index (χ4v) is 2.94. The lowest BCUT2D eigenvalue weighted by Gasteiger charge is -2.30. The summed E-state index contributed by atoms with van der Waals surface area (Å²) >= 11 is 0. The zero-order valence-electron chi connectivity index (χ0n) is 14.1. The van der Waals surface area contributed by atoms with Gasteiger partial charge in [0.05, 0.1) is 12.0 Å². The number of benzene rings is 2. The molecular formula is C21H18N2O3. The summed E-state index contributed by atoms with van der Waals surface area (Å²) in [5.74, 6) is 1.14. The Morgan fingerprint density at radius 3 is 2.65 bits per heavy atom. The molecule has 0 bridgehead atoms. The van der Waals surface area contributed by atoms with Crippen molar-refractivity contribution in [3.63, 3.8) is 0 Å². The summed E-state index contributed by atoms with van der Waals surface area (Å²) in [5, 5.41) is 0. The molecule has 2 aromatic carbocycles. The molecule has 2 N–H and O–H groups in total. The monoisotopic (exact) mass is 346 g/mol. The highest BCUT2D eigenvalue weighted by Gasteiger charge is 2.30. The van der Waals surface area contributed by atoms with Gasteiger partial charge >= 0.3 is 0 Å². The van der Waals surface area contributed by atoms with Crippen molar-refractivity contribution in [2.24, 2.45) is 0 Å². The fraction of sp³-hybridized carbons (Fsp3) is 0.0952. The minimum Gasteiger partial charge on any atom is -0.465 e. The van der Waals surface area contributed by atoms with E-state index in [1.807, 2.05) is 24.3 Å². The molecule has 1 amide bonds. The third kappa shape index (κ3) is 3.19. The summed E-state index contributed by atoms with van der Waals surface area (Å²) in [7, 11) is 0. The van der Waals surface area contributed by atoms with E-state index >= 15 is 0 Å². The van der Waals surface area contributed by atoms with Crippen molar-refractivity contribution in [3.8, 4) is 5.75 Å². The van der Waals surface area contributed by atoms with Gasteiger partial charge in [0.2, 0.25) is 0 Å². The van der Waals surface area contributed by atoms with Crippen molar-refractivity contribution in [1.82, 2.24) is 0 Å². The van der Waals surface area contributed by atoms with E-state index in [2.05, 4.69) is 12.1 Å². The Kier molecular flexibility index (Phi) is 4.19. The van der Waals surface area contributed by atoms with Crippen LogP contribution >= 0.6 is 0 Å². The molecule has 0 saturated heterocycles. The number of nitrogens with zero attached hydrogens (tertiary/aromatic N) is 1. The van der Waals surface area contributed by atoms with Crippen molar-refractivity contribution < 1.29 is 13.9 Å². The summed E-state index contributed by atoms with van der Waals surface area (Å²) in [5.41, 5.74) is 8.36. The Morgan fingerprint density at radius 2 is 1.88 bits per heavy atom. The molecule has 5 heteroatoms. The van der Waals surface area contributed by atoms with E-state index in [1.165, 1.54) is 5.56 Å².